The van der Waals surface area contributed by atoms with Crippen molar-refractivity contribution in [3.8, 4) is 5.75 Å². The summed E-state index contributed by atoms with van der Waals surface area (Å²) in [7, 11) is -2.64. The monoisotopic (exact) mass is 613 g/mol. The molecule has 0 spiro atoms. The van der Waals surface area contributed by atoms with Crippen molar-refractivity contribution >= 4 is 48.2 Å². The molecule has 17 heteroatoms. The maximum Gasteiger partial charge on any atom is 0.459 e. The van der Waals surface area contributed by atoms with Crippen LogP contribution in [0.15, 0.2) is 36.7 Å². The number of aliphatic hydroxyl groups is 2. The van der Waals surface area contributed by atoms with Crippen molar-refractivity contribution < 1.29 is 38.1 Å². The van der Waals surface area contributed by atoms with E-state index in [1.807, 2.05) is 0 Å². The molecule has 2 aromatic heterocycles. The average Bonchev–Trinajstić information content (AvgIpc) is 3.45. The van der Waals surface area contributed by atoms with Crippen LogP contribution in [0.4, 0.5) is 11.8 Å². The summed E-state index contributed by atoms with van der Waals surface area (Å²) in [6.45, 7) is 3.57. The van der Waals surface area contributed by atoms with Gasteiger partial charge in [-0.25, -0.2) is 9.55 Å². The van der Waals surface area contributed by atoms with Gasteiger partial charge in [0.25, 0.3) is 0 Å². The highest BCUT2D eigenvalue weighted by molar-refractivity contribution is 7.52. The standard InChI is InChI=1S/C24H33ClN7O8P/c1-13(2)38-21(35)14(3)31-41(36,40-15-8-6-5-7-9-15)37-10-16-18(34)24(25,11-33)22(39-16)32-12-28-17-19(27-4)29-23(26)30-20(17)32/h5-9,12-14,16,18,22,33-34H,10-11H2,1-4H3,(H,31,36)(H3,26,27,29,30)/t14-,16+,18+,22+,24+,41+/m0/s1. The third kappa shape index (κ3) is 6.56. The molecule has 0 amide bonds. The lowest BCUT2D eigenvalue weighted by molar-refractivity contribution is -0.149. The fourth-order valence-corrected chi connectivity index (χ4v) is 5.99. The Kier molecular flexibility index (Phi) is 9.39. The van der Waals surface area contributed by atoms with E-state index in [0.717, 1.165) is 0 Å². The van der Waals surface area contributed by atoms with Crippen LogP contribution in [0.5, 0.6) is 5.75 Å². The molecule has 0 radical (unpaired) electrons. The lowest BCUT2D eigenvalue weighted by Crippen LogP contribution is -2.45. The van der Waals surface area contributed by atoms with Gasteiger partial charge in [-0.15, -0.1) is 11.6 Å². The zero-order valence-corrected chi connectivity index (χ0v) is 24.5. The number of ether oxygens (including phenoxy) is 2. The minimum absolute atomic E-state index is 0.0543. The molecule has 6 N–H and O–H groups in total. The van der Waals surface area contributed by atoms with Crippen LogP contribution in [0.3, 0.4) is 0 Å². The van der Waals surface area contributed by atoms with Crippen LogP contribution in [0.25, 0.3) is 11.2 Å². The molecule has 15 nitrogen and oxygen atoms in total. The van der Waals surface area contributed by atoms with E-state index >= 15 is 0 Å². The van der Waals surface area contributed by atoms with Gasteiger partial charge in [0.15, 0.2) is 23.2 Å². The number of anilines is 2. The van der Waals surface area contributed by atoms with E-state index < -0.39 is 62.4 Å². The number of carbonyl (C=O) groups is 1. The van der Waals surface area contributed by atoms with Gasteiger partial charge in [0.05, 0.1) is 25.6 Å². The van der Waals surface area contributed by atoms with Crippen molar-refractivity contribution in [2.45, 2.75) is 56.2 Å². The maximum atomic E-state index is 13.8. The Labute approximate surface area is 240 Å². The molecule has 0 bridgehead atoms. The molecule has 4 rings (SSSR count). The summed E-state index contributed by atoms with van der Waals surface area (Å²) in [5.74, 6) is -0.180. The highest BCUT2D eigenvalue weighted by Gasteiger charge is 2.57. The van der Waals surface area contributed by atoms with Gasteiger partial charge in [-0.3, -0.25) is 13.9 Å². The molecule has 1 fully saturated rings. The summed E-state index contributed by atoms with van der Waals surface area (Å²) in [5, 5.41) is 26.8. The van der Waals surface area contributed by atoms with E-state index in [2.05, 4.69) is 25.4 Å². The Morgan fingerprint density at radius 1 is 1.29 bits per heavy atom. The predicted octanol–water partition coefficient (Wildman–Crippen LogP) is 1.81. The number of hydrogen-bond donors (Lipinski definition) is 5. The van der Waals surface area contributed by atoms with E-state index in [1.54, 1.807) is 51.2 Å². The first kappa shape index (κ1) is 30.9. The quantitative estimate of drug-likeness (QED) is 0.112. The number of nitrogens with one attached hydrogen (secondary N) is 2. The number of rotatable bonds is 12. The second-order valence-electron chi connectivity index (χ2n) is 9.60. The van der Waals surface area contributed by atoms with Crippen molar-refractivity contribution in [1.82, 2.24) is 24.6 Å². The number of para-hydroxylation sites is 1. The number of alkyl halides is 1. The van der Waals surface area contributed by atoms with Crippen molar-refractivity contribution in [3.63, 3.8) is 0 Å². The molecular weight excluding hydrogens is 581 g/mol. The Morgan fingerprint density at radius 2 is 2.00 bits per heavy atom. The summed E-state index contributed by atoms with van der Waals surface area (Å²) in [6.07, 6.45) is -2.98. The average molecular weight is 614 g/mol. The minimum atomic E-state index is -4.27. The third-order valence-electron chi connectivity index (χ3n) is 6.16. The van der Waals surface area contributed by atoms with Gasteiger partial charge in [-0.1, -0.05) is 18.2 Å². The topological polar surface area (TPSA) is 205 Å². The van der Waals surface area contributed by atoms with Gasteiger partial charge in [0.1, 0.15) is 28.9 Å². The Balaban J connectivity index is 1.59. The number of nitrogens with zero attached hydrogens (tertiary/aromatic N) is 4. The highest BCUT2D eigenvalue weighted by Crippen LogP contribution is 2.48. The molecular formula is C24H33ClN7O8P. The molecule has 3 aromatic rings. The Bertz CT molecular complexity index is 1410. The highest BCUT2D eigenvalue weighted by atomic mass is 35.5. The zero-order valence-electron chi connectivity index (χ0n) is 22.8. The molecule has 41 heavy (non-hydrogen) atoms. The summed E-state index contributed by atoms with van der Waals surface area (Å²) in [5.41, 5.74) is 6.43. The smallest absolute Gasteiger partial charge is 0.459 e. The van der Waals surface area contributed by atoms with Crippen LogP contribution in [0, 0.1) is 0 Å². The van der Waals surface area contributed by atoms with E-state index in [1.165, 1.54) is 17.8 Å². The fraction of sp³-hybridized carbons (Fsp3) is 0.500. The maximum absolute atomic E-state index is 13.8. The minimum Gasteiger partial charge on any atom is -0.462 e. The predicted molar refractivity (Wildman–Crippen MR) is 149 cm³/mol. The number of carbonyl (C=O) groups excluding carboxylic acids is 1. The Hall–Kier alpha value is -3.04. The second kappa shape index (κ2) is 12.4. The number of aliphatic hydroxyl groups excluding tert-OH is 2. The van der Waals surface area contributed by atoms with Crippen LogP contribution in [-0.4, -0.2) is 85.2 Å². The summed E-state index contributed by atoms with van der Waals surface area (Å²) in [4.78, 5) is 23.2. The molecule has 1 aliphatic heterocycles. The van der Waals surface area contributed by atoms with Gasteiger partial charge < -0.3 is 35.3 Å². The lowest BCUT2D eigenvalue weighted by atomic mass is 9.99. The van der Waals surface area contributed by atoms with E-state index in [0.29, 0.717) is 11.3 Å². The molecule has 1 aliphatic rings. The normalized spacial score (nSPS) is 24.7. The van der Waals surface area contributed by atoms with E-state index in [4.69, 9.17) is 35.9 Å². The zero-order chi connectivity index (χ0) is 29.9. The van der Waals surface area contributed by atoms with Gasteiger partial charge in [0.2, 0.25) is 5.95 Å². The fourth-order valence-electron chi connectivity index (χ4n) is 4.19. The van der Waals surface area contributed by atoms with Crippen molar-refractivity contribution in [3.05, 3.63) is 36.7 Å². The third-order valence-corrected chi connectivity index (χ3v) is 8.34. The molecule has 6 atom stereocenters. The molecule has 1 aromatic carbocycles. The van der Waals surface area contributed by atoms with Crippen LogP contribution in [-0.2, 0) is 23.4 Å². The number of aromatic nitrogens is 4. The summed E-state index contributed by atoms with van der Waals surface area (Å²) < 4.78 is 37.8. The number of halogens is 1. The van der Waals surface area contributed by atoms with Crippen molar-refractivity contribution in [2.24, 2.45) is 0 Å². The number of benzene rings is 1. The molecule has 3 heterocycles. The number of esters is 1. The summed E-state index contributed by atoms with van der Waals surface area (Å²) >= 11 is 6.73. The van der Waals surface area contributed by atoms with Crippen LogP contribution in [0.2, 0.25) is 0 Å². The van der Waals surface area contributed by atoms with Crippen LogP contribution >= 0.6 is 19.3 Å². The largest absolute Gasteiger partial charge is 0.462 e. The number of nitrogens with two attached hydrogens (primary N) is 1. The molecule has 1 saturated heterocycles. The van der Waals surface area contributed by atoms with Gasteiger partial charge in [-0.2, -0.15) is 15.1 Å². The molecule has 0 saturated carbocycles. The van der Waals surface area contributed by atoms with Crippen LogP contribution in [0.1, 0.15) is 27.0 Å². The summed E-state index contributed by atoms with van der Waals surface area (Å²) in [6, 6.07) is 7.10. The van der Waals surface area contributed by atoms with Gasteiger partial charge in [0, 0.05) is 7.05 Å². The molecule has 224 valence electrons. The first-order valence-electron chi connectivity index (χ1n) is 12.7. The first-order valence-corrected chi connectivity index (χ1v) is 14.6. The lowest BCUT2D eigenvalue weighted by Gasteiger charge is -2.28. The van der Waals surface area contributed by atoms with Gasteiger partial charge in [-0.05, 0) is 32.9 Å². The van der Waals surface area contributed by atoms with E-state index in [-0.39, 0.29) is 17.3 Å². The second-order valence-corrected chi connectivity index (χ2v) is 12.0. The first-order chi connectivity index (χ1) is 19.4. The molecule has 0 aliphatic carbocycles. The molecule has 0 unspecified atom stereocenters. The Morgan fingerprint density at radius 3 is 2.63 bits per heavy atom. The number of fused-ring (bicyclic) bond motifs is 1. The van der Waals surface area contributed by atoms with Crippen molar-refractivity contribution in [1.29, 1.82) is 0 Å². The number of hydrogen-bond acceptors (Lipinski definition) is 13. The van der Waals surface area contributed by atoms with E-state index in [9.17, 15) is 19.6 Å². The van der Waals surface area contributed by atoms with Gasteiger partial charge >= 0.3 is 13.7 Å². The van der Waals surface area contributed by atoms with Crippen molar-refractivity contribution in [2.75, 3.05) is 31.3 Å². The van der Waals surface area contributed by atoms with Crippen LogP contribution < -0.4 is 20.7 Å². The number of imidazole rings is 1. The SMILES string of the molecule is CNc1nc(N)nc2c1ncn2[C@@H]1O[C@H](CO[P@](=O)(N[C@@H](C)C(=O)OC(C)C)Oc2ccccc2)[C@@H](O)[C@]1(Cl)CO. The number of nitrogen functional groups attached to an aromatic ring is 1.